The molecule has 1 fully saturated rings. The highest BCUT2D eigenvalue weighted by Crippen LogP contribution is 2.29. The molecule has 1 atom stereocenters. The molecule has 1 saturated heterocycles. The number of methoxy groups -OCH3 is 1. The zero-order chi connectivity index (χ0) is 13.0. The SMILES string of the molecule is CC[C@H](c1cc(OC)ccc1F)N1CCNCC1.Cl. The Hall–Kier alpha value is -0.840. The van der Waals surface area contributed by atoms with Gasteiger partial charge in [0.15, 0.2) is 0 Å². The third-order valence-corrected chi connectivity index (χ3v) is 3.54. The van der Waals surface area contributed by atoms with E-state index in [1.165, 1.54) is 6.07 Å². The van der Waals surface area contributed by atoms with E-state index in [2.05, 4.69) is 17.1 Å². The van der Waals surface area contributed by atoms with Crippen LogP contribution >= 0.6 is 12.4 Å². The van der Waals surface area contributed by atoms with Gasteiger partial charge in [-0.05, 0) is 24.6 Å². The van der Waals surface area contributed by atoms with Gasteiger partial charge in [-0.2, -0.15) is 0 Å². The normalized spacial score (nSPS) is 17.6. The van der Waals surface area contributed by atoms with E-state index in [0.29, 0.717) is 0 Å². The summed E-state index contributed by atoms with van der Waals surface area (Å²) in [5, 5.41) is 3.32. The molecule has 2 rings (SSSR count). The number of benzene rings is 1. The fourth-order valence-corrected chi connectivity index (χ4v) is 2.57. The first-order chi connectivity index (χ1) is 8.76. The Labute approximate surface area is 120 Å². The monoisotopic (exact) mass is 288 g/mol. The zero-order valence-corrected chi connectivity index (χ0v) is 12.3. The van der Waals surface area contributed by atoms with E-state index < -0.39 is 0 Å². The Bertz CT molecular complexity index is 397. The number of halogens is 2. The van der Waals surface area contributed by atoms with Gasteiger partial charge in [-0.25, -0.2) is 4.39 Å². The van der Waals surface area contributed by atoms with E-state index in [1.54, 1.807) is 13.2 Å². The van der Waals surface area contributed by atoms with Gasteiger partial charge >= 0.3 is 0 Å². The van der Waals surface area contributed by atoms with Crippen molar-refractivity contribution in [3.8, 4) is 5.75 Å². The molecular formula is C14H22ClFN2O. The number of hydrogen-bond acceptors (Lipinski definition) is 3. The van der Waals surface area contributed by atoms with Crippen molar-refractivity contribution in [1.82, 2.24) is 10.2 Å². The summed E-state index contributed by atoms with van der Waals surface area (Å²) < 4.78 is 19.2. The van der Waals surface area contributed by atoms with Crippen molar-refractivity contribution in [2.75, 3.05) is 33.3 Å². The molecule has 0 bridgehead atoms. The molecule has 1 aliphatic heterocycles. The van der Waals surface area contributed by atoms with Crippen LogP contribution in [0.5, 0.6) is 5.75 Å². The van der Waals surface area contributed by atoms with Crippen LogP contribution in [0.25, 0.3) is 0 Å². The average molecular weight is 289 g/mol. The summed E-state index contributed by atoms with van der Waals surface area (Å²) in [5.74, 6) is 0.584. The molecule has 1 N–H and O–H groups in total. The highest BCUT2D eigenvalue weighted by atomic mass is 35.5. The third kappa shape index (κ3) is 3.81. The summed E-state index contributed by atoms with van der Waals surface area (Å²) in [6.45, 7) is 5.99. The van der Waals surface area contributed by atoms with Gasteiger partial charge in [-0.3, -0.25) is 4.90 Å². The minimum Gasteiger partial charge on any atom is -0.497 e. The molecule has 0 aromatic heterocycles. The van der Waals surface area contributed by atoms with Crippen LogP contribution in [0, 0.1) is 5.82 Å². The summed E-state index contributed by atoms with van der Waals surface area (Å²) in [7, 11) is 1.61. The van der Waals surface area contributed by atoms with Gasteiger partial charge in [-0.1, -0.05) is 6.92 Å². The molecule has 0 amide bonds. The van der Waals surface area contributed by atoms with Gasteiger partial charge in [0.05, 0.1) is 7.11 Å². The molecule has 1 aliphatic rings. The minimum absolute atomic E-state index is 0. The van der Waals surface area contributed by atoms with Crippen LogP contribution in [0.1, 0.15) is 24.9 Å². The second-order valence-corrected chi connectivity index (χ2v) is 4.60. The van der Waals surface area contributed by atoms with Crippen LogP contribution in [0.15, 0.2) is 18.2 Å². The van der Waals surface area contributed by atoms with Gasteiger partial charge in [0.1, 0.15) is 11.6 Å². The van der Waals surface area contributed by atoms with E-state index in [1.807, 2.05) is 6.07 Å². The van der Waals surface area contributed by atoms with Crippen LogP contribution in [0.4, 0.5) is 4.39 Å². The second-order valence-electron chi connectivity index (χ2n) is 4.60. The van der Waals surface area contributed by atoms with Gasteiger partial charge in [0.25, 0.3) is 0 Å². The fourth-order valence-electron chi connectivity index (χ4n) is 2.57. The lowest BCUT2D eigenvalue weighted by atomic mass is 10.0. The molecule has 1 aromatic rings. The van der Waals surface area contributed by atoms with Crippen LogP contribution in [-0.2, 0) is 0 Å². The standard InChI is InChI=1S/C14H21FN2O.ClH/c1-3-14(17-8-6-16-7-9-17)12-10-11(18-2)4-5-13(12)15;/h4-5,10,14,16H,3,6-9H2,1-2H3;1H/t14-;/m1./s1. The Balaban J connectivity index is 0.00000180. The van der Waals surface area contributed by atoms with Crippen LogP contribution < -0.4 is 10.1 Å². The lowest BCUT2D eigenvalue weighted by molar-refractivity contribution is 0.166. The van der Waals surface area contributed by atoms with Crippen molar-refractivity contribution < 1.29 is 9.13 Å². The molecule has 0 radical (unpaired) electrons. The molecular weight excluding hydrogens is 267 g/mol. The van der Waals surface area contributed by atoms with Gasteiger partial charge < -0.3 is 10.1 Å². The Morgan fingerprint density at radius 1 is 1.37 bits per heavy atom. The third-order valence-electron chi connectivity index (χ3n) is 3.54. The summed E-state index contributed by atoms with van der Waals surface area (Å²) in [6.07, 6.45) is 0.907. The van der Waals surface area contributed by atoms with E-state index in [0.717, 1.165) is 43.9 Å². The lowest BCUT2D eigenvalue weighted by Gasteiger charge is -2.35. The molecule has 0 saturated carbocycles. The first kappa shape index (κ1) is 16.2. The van der Waals surface area contributed by atoms with Crippen molar-refractivity contribution in [2.24, 2.45) is 0 Å². The van der Waals surface area contributed by atoms with Gasteiger partial charge in [-0.15, -0.1) is 12.4 Å². The molecule has 5 heteroatoms. The van der Waals surface area contributed by atoms with Crippen LogP contribution in [0.2, 0.25) is 0 Å². The molecule has 3 nitrogen and oxygen atoms in total. The number of nitrogens with zero attached hydrogens (tertiary/aromatic N) is 1. The Morgan fingerprint density at radius 2 is 2.05 bits per heavy atom. The van der Waals surface area contributed by atoms with Crippen LogP contribution in [0.3, 0.4) is 0 Å². The van der Waals surface area contributed by atoms with Crippen molar-refractivity contribution in [1.29, 1.82) is 0 Å². The number of ether oxygens (including phenoxy) is 1. The number of rotatable bonds is 4. The second kappa shape index (κ2) is 7.68. The maximum atomic E-state index is 14.0. The number of hydrogen-bond donors (Lipinski definition) is 1. The van der Waals surface area contributed by atoms with Crippen molar-refractivity contribution in [2.45, 2.75) is 19.4 Å². The molecule has 1 aromatic carbocycles. The smallest absolute Gasteiger partial charge is 0.128 e. The summed E-state index contributed by atoms with van der Waals surface area (Å²) in [6, 6.07) is 5.13. The number of nitrogens with one attached hydrogen (secondary N) is 1. The van der Waals surface area contributed by atoms with Crippen molar-refractivity contribution in [3.05, 3.63) is 29.6 Å². The van der Waals surface area contributed by atoms with Gasteiger partial charge in [0.2, 0.25) is 0 Å². The summed E-state index contributed by atoms with van der Waals surface area (Å²) >= 11 is 0. The van der Waals surface area contributed by atoms with E-state index in [4.69, 9.17) is 4.74 Å². The van der Waals surface area contributed by atoms with Gasteiger partial charge in [0, 0.05) is 37.8 Å². The first-order valence-corrected chi connectivity index (χ1v) is 6.54. The highest BCUT2D eigenvalue weighted by Gasteiger charge is 2.23. The summed E-state index contributed by atoms with van der Waals surface area (Å²) in [5.41, 5.74) is 0.749. The van der Waals surface area contributed by atoms with E-state index >= 15 is 0 Å². The first-order valence-electron chi connectivity index (χ1n) is 6.54. The maximum absolute atomic E-state index is 14.0. The van der Waals surface area contributed by atoms with Crippen molar-refractivity contribution in [3.63, 3.8) is 0 Å². The molecule has 1 heterocycles. The molecule has 0 spiro atoms. The fraction of sp³-hybridized carbons (Fsp3) is 0.571. The quantitative estimate of drug-likeness (QED) is 0.922. The van der Waals surface area contributed by atoms with Crippen LogP contribution in [-0.4, -0.2) is 38.2 Å². The van der Waals surface area contributed by atoms with E-state index in [9.17, 15) is 4.39 Å². The molecule has 19 heavy (non-hydrogen) atoms. The zero-order valence-electron chi connectivity index (χ0n) is 11.5. The largest absolute Gasteiger partial charge is 0.497 e. The van der Waals surface area contributed by atoms with E-state index in [-0.39, 0.29) is 24.3 Å². The highest BCUT2D eigenvalue weighted by molar-refractivity contribution is 5.85. The number of piperazine rings is 1. The minimum atomic E-state index is -0.138. The molecule has 108 valence electrons. The maximum Gasteiger partial charge on any atom is 0.128 e. The predicted molar refractivity (Wildman–Crippen MR) is 77.7 cm³/mol. The lowest BCUT2D eigenvalue weighted by Crippen LogP contribution is -2.45. The van der Waals surface area contributed by atoms with Crippen molar-refractivity contribution >= 4 is 12.4 Å². The Kier molecular flexibility index (Phi) is 6.55. The molecule has 0 unspecified atom stereocenters. The summed E-state index contributed by atoms with van der Waals surface area (Å²) in [4.78, 5) is 2.34. The average Bonchev–Trinajstić information content (AvgIpc) is 2.43. The Morgan fingerprint density at radius 3 is 2.63 bits per heavy atom. The predicted octanol–water partition coefficient (Wildman–Crippen LogP) is 2.61. The molecule has 0 aliphatic carbocycles. The topological polar surface area (TPSA) is 24.5 Å².